The van der Waals surface area contributed by atoms with E-state index in [2.05, 4.69) is 0 Å². The van der Waals surface area contributed by atoms with Crippen LogP contribution in [0.2, 0.25) is 0 Å². The summed E-state index contributed by atoms with van der Waals surface area (Å²) in [5.74, 6) is 0. The molecule has 2 rings (SSSR count). The van der Waals surface area contributed by atoms with Crippen LogP contribution in [0.1, 0.15) is 81.1 Å². The molecule has 0 aromatic rings. The lowest BCUT2D eigenvalue weighted by atomic mass is 9.80. The zero-order valence-electron chi connectivity index (χ0n) is 16.6. The second kappa shape index (κ2) is 6.82. The van der Waals surface area contributed by atoms with E-state index in [9.17, 15) is 20.6 Å². The van der Waals surface area contributed by atoms with Crippen molar-refractivity contribution < 1.29 is 20.6 Å². The summed E-state index contributed by atoms with van der Waals surface area (Å²) >= 11 is 0. The minimum absolute atomic E-state index is 0.293. The summed E-state index contributed by atoms with van der Waals surface area (Å²) in [6, 6.07) is 0. The van der Waals surface area contributed by atoms with E-state index in [4.69, 9.17) is 0 Å². The third-order valence-electron chi connectivity index (χ3n) is 5.22. The summed E-state index contributed by atoms with van der Waals surface area (Å²) < 4.78 is 0. The Morgan fingerprint density at radius 2 is 0.917 bits per heavy atom. The molecule has 6 heteroatoms. The van der Waals surface area contributed by atoms with Gasteiger partial charge in [-0.3, -0.25) is 0 Å². The average molecular weight is 346 g/mol. The fourth-order valence-electron chi connectivity index (χ4n) is 4.40. The maximum Gasteiger partial charge on any atom is 0.0576 e. The van der Waals surface area contributed by atoms with Crippen molar-refractivity contribution in [1.29, 1.82) is 0 Å². The molecule has 0 aromatic carbocycles. The third kappa shape index (κ3) is 4.90. The first-order chi connectivity index (χ1) is 10.5. The topological polar surface area (TPSA) is 90.2 Å². The molecule has 2 aliphatic rings. The molecule has 0 spiro atoms. The van der Waals surface area contributed by atoms with Crippen LogP contribution in [0.25, 0.3) is 0 Å². The van der Waals surface area contributed by atoms with Gasteiger partial charge in [-0.05, 0) is 81.1 Å². The zero-order valence-corrected chi connectivity index (χ0v) is 16.6. The highest BCUT2D eigenvalue weighted by Gasteiger charge is 2.44. The molecule has 2 aliphatic heterocycles. The van der Waals surface area contributed by atoms with Gasteiger partial charge in [-0.15, -0.1) is 6.10 Å². The second-order valence-corrected chi connectivity index (χ2v) is 9.97. The quantitative estimate of drug-likeness (QED) is 0.623. The van der Waals surface area contributed by atoms with Gasteiger partial charge in [-0.2, -0.15) is 10.1 Å². The molecule has 2 saturated heterocycles. The maximum atomic E-state index is 11.4. The molecule has 2 fully saturated rings. The Balaban J connectivity index is 0.000000240. The molecule has 144 valence electrons. The summed E-state index contributed by atoms with van der Waals surface area (Å²) in [6.07, 6.45) is 1.47. The van der Waals surface area contributed by atoms with Crippen LogP contribution in [0, 0.1) is 0 Å². The molecule has 0 unspecified atom stereocenters. The molecule has 0 radical (unpaired) electrons. The Hall–Kier alpha value is -0.240. The second-order valence-electron chi connectivity index (χ2n) is 9.97. The summed E-state index contributed by atoms with van der Waals surface area (Å²) in [5.41, 5.74) is -1.40. The van der Waals surface area contributed by atoms with Gasteiger partial charge in [0.05, 0.1) is 6.10 Å². The van der Waals surface area contributed by atoms with Crippen LogP contribution in [0.15, 0.2) is 0 Å². The number of aliphatic hydroxyl groups excluding tert-OH is 1. The molecule has 0 atom stereocenters. The number of nitrogens with zero attached hydrogens (tertiary/aromatic N) is 2. The molecular formula is C18H37N2O4-. The standard InChI is InChI=1S/C9H19NO2.C9H18NO2/c2*1-8(2)5-7(11)6-9(3,4)10(8)12/h7,11-12H,5-6H2,1-4H3;7,12H,5-6H2,1-4H3/q;-1. The lowest BCUT2D eigenvalue weighted by Gasteiger charge is -2.53. The number of rotatable bonds is 0. The SMILES string of the molecule is CC1(C)CC(O)CC(C)(C)N1O.CC1(C)CC([O-])CC(C)(C)N1O. The minimum Gasteiger partial charge on any atom is -0.852 e. The van der Waals surface area contributed by atoms with Crippen molar-refractivity contribution in [1.82, 2.24) is 10.1 Å². The number of hydrogen-bond donors (Lipinski definition) is 3. The van der Waals surface area contributed by atoms with Crippen LogP contribution < -0.4 is 5.11 Å². The maximum absolute atomic E-state index is 11.4. The average Bonchev–Trinajstić information content (AvgIpc) is 2.31. The van der Waals surface area contributed by atoms with E-state index >= 15 is 0 Å². The van der Waals surface area contributed by atoms with Gasteiger partial charge in [0, 0.05) is 22.2 Å². The Kier molecular flexibility index (Phi) is 6.19. The normalized spacial score (nSPS) is 30.5. The largest absolute Gasteiger partial charge is 0.852 e. The van der Waals surface area contributed by atoms with Gasteiger partial charge in [-0.25, -0.2) is 0 Å². The molecular weight excluding hydrogens is 308 g/mol. The fraction of sp³-hybridized carbons (Fsp3) is 1.00. The Bertz CT molecular complexity index is 359. The predicted octanol–water partition coefficient (Wildman–Crippen LogP) is 2.15. The van der Waals surface area contributed by atoms with E-state index < -0.39 is 6.10 Å². The molecule has 2 heterocycles. The molecule has 0 saturated carbocycles. The number of aliphatic hydroxyl groups is 1. The van der Waals surface area contributed by atoms with Crippen molar-refractivity contribution in [3.63, 3.8) is 0 Å². The van der Waals surface area contributed by atoms with Crippen molar-refractivity contribution >= 4 is 0 Å². The minimum atomic E-state index is -0.543. The molecule has 0 bridgehead atoms. The molecule has 0 aromatic heterocycles. The van der Waals surface area contributed by atoms with Crippen LogP contribution in [-0.4, -0.2) is 60.0 Å². The Labute approximate surface area is 147 Å². The van der Waals surface area contributed by atoms with Crippen molar-refractivity contribution in [2.45, 2.75) is 115 Å². The molecule has 3 N–H and O–H groups in total. The zero-order chi connectivity index (χ0) is 19.1. The molecule has 24 heavy (non-hydrogen) atoms. The van der Waals surface area contributed by atoms with Crippen LogP contribution >= 0.6 is 0 Å². The van der Waals surface area contributed by atoms with Gasteiger partial charge in [0.15, 0.2) is 0 Å². The van der Waals surface area contributed by atoms with Crippen LogP contribution in [-0.2, 0) is 0 Å². The van der Waals surface area contributed by atoms with Gasteiger partial charge >= 0.3 is 0 Å². The number of hydrogen-bond acceptors (Lipinski definition) is 6. The predicted molar refractivity (Wildman–Crippen MR) is 91.8 cm³/mol. The molecule has 0 amide bonds. The van der Waals surface area contributed by atoms with E-state index in [1.165, 1.54) is 10.1 Å². The first-order valence-corrected chi connectivity index (χ1v) is 8.84. The van der Waals surface area contributed by atoms with Crippen molar-refractivity contribution in [3.8, 4) is 0 Å². The Morgan fingerprint density at radius 1 is 0.667 bits per heavy atom. The van der Waals surface area contributed by atoms with Gasteiger partial charge < -0.3 is 20.6 Å². The summed E-state index contributed by atoms with van der Waals surface area (Å²) in [5, 5.41) is 43.2. The summed E-state index contributed by atoms with van der Waals surface area (Å²) in [4.78, 5) is 0. The number of hydroxylamine groups is 4. The van der Waals surface area contributed by atoms with Crippen LogP contribution in [0.5, 0.6) is 0 Å². The first-order valence-electron chi connectivity index (χ1n) is 8.84. The highest BCUT2D eigenvalue weighted by atomic mass is 16.5. The monoisotopic (exact) mass is 345 g/mol. The number of piperidine rings is 2. The summed E-state index contributed by atoms with van der Waals surface area (Å²) in [7, 11) is 0. The third-order valence-corrected chi connectivity index (χ3v) is 5.22. The van der Waals surface area contributed by atoms with Crippen molar-refractivity contribution in [2.24, 2.45) is 0 Å². The van der Waals surface area contributed by atoms with Gasteiger partial charge in [0.25, 0.3) is 0 Å². The molecule has 0 aliphatic carbocycles. The fourth-order valence-corrected chi connectivity index (χ4v) is 4.40. The highest BCUT2D eigenvalue weighted by molar-refractivity contribution is 4.96. The van der Waals surface area contributed by atoms with Gasteiger partial charge in [-0.1, -0.05) is 0 Å². The smallest absolute Gasteiger partial charge is 0.0576 e. The van der Waals surface area contributed by atoms with Gasteiger partial charge in [0.2, 0.25) is 0 Å². The van der Waals surface area contributed by atoms with Crippen LogP contribution in [0.4, 0.5) is 0 Å². The van der Waals surface area contributed by atoms with E-state index in [1.807, 2.05) is 55.4 Å². The lowest BCUT2D eigenvalue weighted by molar-refractivity contribution is -0.448. The van der Waals surface area contributed by atoms with Crippen molar-refractivity contribution in [3.05, 3.63) is 0 Å². The lowest BCUT2D eigenvalue weighted by Crippen LogP contribution is -2.62. The molecule has 6 nitrogen and oxygen atoms in total. The highest BCUT2D eigenvalue weighted by Crippen LogP contribution is 2.36. The van der Waals surface area contributed by atoms with Crippen LogP contribution in [0.3, 0.4) is 0 Å². The summed E-state index contributed by atoms with van der Waals surface area (Å²) in [6.45, 7) is 15.4. The first kappa shape index (κ1) is 21.8. The van der Waals surface area contributed by atoms with Gasteiger partial charge in [0.1, 0.15) is 0 Å². The van der Waals surface area contributed by atoms with Crippen molar-refractivity contribution in [2.75, 3.05) is 0 Å². The Morgan fingerprint density at radius 3 is 1.21 bits per heavy atom. The van der Waals surface area contributed by atoms with E-state index in [0.717, 1.165) is 0 Å². The van der Waals surface area contributed by atoms with E-state index in [0.29, 0.717) is 25.7 Å². The van der Waals surface area contributed by atoms with E-state index in [-0.39, 0.29) is 28.3 Å². The van der Waals surface area contributed by atoms with E-state index in [1.54, 1.807) is 0 Å².